The Morgan fingerprint density at radius 2 is 1.73 bits per heavy atom. The molecule has 1 amide bonds. The van der Waals surface area contributed by atoms with Crippen molar-refractivity contribution in [2.45, 2.75) is 44.0 Å². The number of hydrogen-bond donors (Lipinski definition) is 1. The first-order chi connectivity index (χ1) is 6.82. The summed E-state index contributed by atoms with van der Waals surface area (Å²) >= 11 is 0. The zero-order chi connectivity index (χ0) is 11.6. The number of hydrogen-bond acceptors (Lipinski definition) is 2. The van der Waals surface area contributed by atoms with E-state index in [1.807, 2.05) is 0 Å². The average Bonchev–Trinajstić information content (AvgIpc) is 2.15. The smallest absolute Gasteiger partial charge is 0.393 e. The molecule has 3 nitrogen and oxygen atoms in total. The van der Waals surface area contributed by atoms with Crippen LogP contribution in [0.1, 0.15) is 25.7 Å². The van der Waals surface area contributed by atoms with Gasteiger partial charge in [-0.25, -0.2) is 0 Å². The molecular formula is C9H14F3NO2. The molecule has 0 aromatic carbocycles. The van der Waals surface area contributed by atoms with E-state index >= 15 is 0 Å². The van der Waals surface area contributed by atoms with Crippen molar-refractivity contribution >= 4 is 5.91 Å². The molecule has 0 radical (unpaired) electrons. The molecule has 1 saturated carbocycles. The lowest BCUT2D eigenvalue weighted by Crippen LogP contribution is -2.46. The molecule has 1 N–H and O–H groups in total. The Bertz CT molecular complexity index is 234. The Kier molecular flexibility index (Phi) is 3.59. The van der Waals surface area contributed by atoms with Crippen LogP contribution < -0.4 is 0 Å². The molecule has 1 fully saturated rings. The van der Waals surface area contributed by atoms with Gasteiger partial charge in [-0.05, 0) is 25.7 Å². The van der Waals surface area contributed by atoms with Crippen molar-refractivity contribution in [3.8, 4) is 0 Å². The number of nitrogens with zero attached hydrogens (tertiary/aromatic N) is 1. The van der Waals surface area contributed by atoms with Crippen molar-refractivity contribution in [2.75, 3.05) is 7.05 Å². The van der Waals surface area contributed by atoms with Crippen molar-refractivity contribution < 1.29 is 23.1 Å². The summed E-state index contributed by atoms with van der Waals surface area (Å²) in [4.78, 5) is 11.6. The molecule has 0 unspecified atom stereocenters. The molecule has 6 heteroatoms. The molecule has 1 aliphatic carbocycles. The van der Waals surface area contributed by atoms with Gasteiger partial charge in [0.1, 0.15) is 0 Å². The van der Waals surface area contributed by atoms with Crippen LogP contribution >= 0.6 is 0 Å². The highest BCUT2D eigenvalue weighted by atomic mass is 19.4. The zero-order valence-electron chi connectivity index (χ0n) is 8.42. The average molecular weight is 225 g/mol. The van der Waals surface area contributed by atoms with Crippen LogP contribution in [0.5, 0.6) is 0 Å². The fourth-order valence-corrected chi connectivity index (χ4v) is 1.81. The molecule has 0 spiro atoms. The van der Waals surface area contributed by atoms with Crippen molar-refractivity contribution in [3.05, 3.63) is 0 Å². The number of aliphatic hydroxyl groups excluding tert-OH is 1. The summed E-state index contributed by atoms with van der Waals surface area (Å²) in [6, 6.07) is -0.400. The van der Waals surface area contributed by atoms with Gasteiger partial charge in [-0.15, -0.1) is 0 Å². The molecule has 1 rings (SSSR count). The van der Waals surface area contributed by atoms with E-state index in [2.05, 4.69) is 0 Å². The Morgan fingerprint density at radius 3 is 2.13 bits per heavy atom. The topological polar surface area (TPSA) is 40.5 Å². The minimum absolute atomic E-state index is 0.400. The van der Waals surface area contributed by atoms with E-state index < -0.39 is 24.2 Å². The number of halogens is 3. The van der Waals surface area contributed by atoms with Gasteiger partial charge >= 0.3 is 12.1 Å². The highest BCUT2D eigenvalue weighted by molar-refractivity contribution is 5.81. The zero-order valence-corrected chi connectivity index (χ0v) is 8.42. The molecule has 0 saturated heterocycles. The van der Waals surface area contributed by atoms with E-state index in [4.69, 9.17) is 0 Å². The number of carbonyl (C=O) groups excluding carboxylic acids is 1. The predicted octanol–water partition coefficient (Wildman–Crippen LogP) is 1.31. The summed E-state index contributed by atoms with van der Waals surface area (Å²) in [5.41, 5.74) is 0. The Hall–Kier alpha value is -0.780. The Labute approximate surface area is 85.9 Å². The van der Waals surface area contributed by atoms with Crippen LogP contribution in [0.25, 0.3) is 0 Å². The molecule has 0 aliphatic heterocycles. The highest BCUT2D eigenvalue weighted by Crippen LogP contribution is 2.26. The normalized spacial score (nSPS) is 27.5. The third-order valence-corrected chi connectivity index (χ3v) is 2.78. The summed E-state index contributed by atoms with van der Waals surface area (Å²) in [5, 5.41) is 9.18. The van der Waals surface area contributed by atoms with Crippen LogP contribution in [-0.4, -0.2) is 41.3 Å². The maximum Gasteiger partial charge on any atom is 0.471 e. The van der Waals surface area contributed by atoms with Crippen molar-refractivity contribution in [3.63, 3.8) is 0 Å². The van der Waals surface area contributed by atoms with Gasteiger partial charge in [0.15, 0.2) is 0 Å². The van der Waals surface area contributed by atoms with Gasteiger partial charge in [0.25, 0.3) is 0 Å². The standard InChI is InChI=1S/C9H14F3NO2/c1-13(8(15)9(10,11)12)6-2-4-7(14)5-3-6/h6-7,14H,2-5H2,1H3/t6-,7+. The number of carbonyl (C=O) groups is 1. The first-order valence-electron chi connectivity index (χ1n) is 4.84. The molecule has 0 aromatic rings. The number of aliphatic hydroxyl groups is 1. The number of alkyl halides is 3. The minimum Gasteiger partial charge on any atom is -0.393 e. The van der Waals surface area contributed by atoms with E-state index in [1.54, 1.807) is 0 Å². The lowest BCUT2D eigenvalue weighted by molar-refractivity contribution is -0.187. The van der Waals surface area contributed by atoms with Crippen molar-refractivity contribution in [2.24, 2.45) is 0 Å². The van der Waals surface area contributed by atoms with Crippen LogP contribution in [-0.2, 0) is 4.79 Å². The van der Waals surface area contributed by atoms with Crippen LogP contribution in [0.15, 0.2) is 0 Å². The van der Waals surface area contributed by atoms with Crippen LogP contribution in [0.2, 0.25) is 0 Å². The van der Waals surface area contributed by atoms with Crippen LogP contribution in [0.3, 0.4) is 0 Å². The van der Waals surface area contributed by atoms with Gasteiger partial charge in [-0.2, -0.15) is 13.2 Å². The molecule has 0 heterocycles. The Morgan fingerprint density at radius 1 is 1.27 bits per heavy atom. The van der Waals surface area contributed by atoms with Gasteiger partial charge in [0.2, 0.25) is 0 Å². The van der Waals surface area contributed by atoms with E-state index in [-0.39, 0.29) is 0 Å². The lowest BCUT2D eigenvalue weighted by atomic mass is 9.92. The summed E-state index contributed by atoms with van der Waals surface area (Å²) < 4.78 is 36.3. The predicted molar refractivity (Wildman–Crippen MR) is 47.1 cm³/mol. The third-order valence-electron chi connectivity index (χ3n) is 2.78. The monoisotopic (exact) mass is 225 g/mol. The summed E-state index contributed by atoms with van der Waals surface area (Å²) in [6.45, 7) is 0. The van der Waals surface area contributed by atoms with Gasteiger partial charge in [0.05, 0.1) is 6.10 Å². The summed E-state index contributed by atoms with van der Waals surface area (Å²) in [7, 11) is 1.16. The van der Waals surface area contributed by atoms with Gasteiger partial charge < -0.3 is 10.0 Å². The van der Waals surface area contributed by atoms with Gasteiger partial charge in [-0.3, -0.25) is 4.79 Å². The summed E-state index contributed by atoms with van der Waals surface area (Å²) in [6.07, 6.45) is -3.46. The SMILES string of the molecule is CN(C(=O)C(F)(F)F)[C@H]1CC[C@@H](O)CC1. The number of amides is 1. The van der Waals surface area contributed by atoms with Gasteiger partial charge in [-0.1, -0.05) is 0 Å². The minimum atomic E-state index is -4.80. The highest BCUT2D eigenvalue weighted by Gasteiger charge is 2.43. The fourth-order valence-electron chi connectivity index (χ4n) is 1.81. The van der Waals surface area contributed by atoms with Gasteiger partial charge in [0, 0.05) is 13.1 Å². The van der Waals surface area contributed by atoms with Crippen LogP contribution in [0, 0.1) is 0 Å². The molecule has 1 aliphatic rings. The maximum atomic E-state index is 12.1. The van der Waals surface area contributed by atoms with E-state index in [0.29, 0.717) is 25.7 Å². The van der Waals surface area contributed by atoms with E-state index in [9.17, 15) is 23.1 Å². The third kappa shape index (κ3) is 3.09. The van der Waals surface area contributed by atoms with Crippen LogP contribution in [0.4, 0.5) is 13.2 Å². The molecule has 0 bridgehead atoms. The second-order valence-electron chi connectivity index (χ2n) is 3.88. The first kappa shape index (κ1) is 12.3. The molecule has 0 aromatic heterocycles. The quantitative estimate of drug-likeness (QED) is 0.731. The second-order valence-corrected chi connectivity index (χ2v) is 3.88. The number of rotatable bonds is 1. The Balaban J connectivity index is 2.54. The maximum absolute atomic E-state index is 12.1. The molecule has 88 valence electrons. The summed E-state index contributed by atoms with van der Waals surface area (Å²) in [5.74, 6) is -1.80. The fraction of sp³-hybridized carbons (Fsp3) is 0.889. The van der Waals surface area contributed by atoms with E-state index in [0.717, 1.165) is 11.9 Å². The van der Waals surface area contributed by atoms with E-state index in [1.165, 1.54) is 0 Å². The largest absolute Gasteiger partial charge is 0.471 e. The molecular weight excluding hydrogens is 211 g/mol. The second kappa shape index (κ2) is 4.38. The van der Waals surface area contributed by atoms with Crippen molar-refractivity contribution in [1.82, 2.24) is 4.90 Å². The van der Waals surface area contributed by atoms with Crippen molar-refractivity contribution in [1.29, 1.82) is 0 Å². The lowest BCUT2D eigenvalue weighted by Gasteiger charge is -2.33. The first-order valence-corrected chi connectivity index (χ1v) is 4.84. The molecule has 0 atom stereocenters. The molecule has 15 heavy (non-hydrogen) atoms.